The summed E-state index contributed by atoms with van der Waals surface area (Å²) < 4.78 is 5.28. The largest absolute Gasteiger partial charge is 0.334 e. The van der Waals surface area contributed by atoms with Crippen LogP contribution in [0.15, 0.2) is 33.9 Å². The van der Waals surface area contributed by atoms with E-state index in [2.05, 4.69) is 25.3 Å². The first-order valence-electron chi connectivity index (χ1n) is 6.12. The highest BCUT2D eigenvalue weighted by Gasteiger charge is 2.10. The molecule has 0 aliphatic heterocycles. The molecule has 6 nitrogen and oxygen atoms in total. The lowest BCUT2D eigenvalue weighted by Gasteiger charge is -1.95. The smallest absolute Gasteiger partial charge is 0.257 e. The Morgan fingerprint density at radius 1 is 1.25 bits per heavy atom. The summed E-state index contributed by atoms with van der Waals surface area (Å²) in [7, 11) is 0. The fourth-order valence-corrected chi connectivity index (χ4v) is 2.41. The number of aromatic amines is 1. The summed E-state index contributed by atoms with van der Waals surface area (Å²) in [6.45, 7) is 3.89. The van der Waals surface area contributed by atoms with Crippen LogP contribution < -0.4 is 0 Å². The molecule has 0 bridgehead atoms. The van der Waals surface area contributed by atoms with Crippen LogP contribution in [0.4, 0.5) is 0 Å². The van der Waals surface area contributed by atoms with Crippen LogP contribution in [0, 0.1) is 13.8 Å². The summed E-state index contributed by atoms with van der Waals surface area (Å²) >= 11 is 1.47. The minimum atomic E-state index is 0.537. The van der Waals surface area contributed by atoms with E-state index in [1.165, 1.54) is 11.8 Å². The van der Waals surface area contributed by atoms with Gasteiger partial charge in [-0.15, -0.1) is 5.10 Å². The van der Waals surface area contributed by atoms with Gasteiger partial charge in [-0.25, -0.2) is 4.98 Å². The molecule has 0 radical (unpaired) electrons. The van der Waals surface area contributed by atoms with Gasteiger partial charge in [-0.3, -0.25) is 5.10 Å². The Morgan fingerprint density at radius 2 is 2.15 bits per heavy atom. The number of benzene rings is 1. The van der Waals surface area contributed by atoms with Crippen LogP contribution in [0.3, 0.4) is 0 Å². The zero-order valence-electron chi connectivity index (χ0n) is 11.1. The molecule has 0 amide bonds. The molecule has 0 aliphatic carbocycles. The van der Waals surface area contributed by atoms with E-state index in [1.54, 1.807) is 0 Å². The second kappa shape index (κ2) is 5.46. The van der Waals surface area contributed by atoms with Gasteiger partial charge in [-0.05, 0) is 26.0 Å². The minimum absolute atomic E-state index is 0.537. The van der Waals surface area contributed by atoms with Crippen molar-refractivity contribution >= 4 is 11.8 Å². The predicted molar refractivity (Wildman–Crippen MR) is 75.2 cm³/mol. The van der Waals surface area contributed by atoms with Crippen molar-refractivity contribution in [1.82, 2.24) is 25.3 Å². The number of rotatable bonds is 4. The Balaban J connectivity index is 1.70. The van der Waals surface area contributed by atoms with Gasteiger partial charge in [0.15, 0.2) is 5.82 Å². The van der Waals surface area contributed by atoms with E-state index in [4.69, 9.17) is 4.52 Å². The molecule has 102 valence electrons. The first kappa shape index (κ1) is 12.9. The Labute approximate surface area is 120 Å². The normalized spacial score (nSPS) is 10.9. The molecule has 3 rings (SSSR count). The van der Waals surface area contributed by atoms with E-state index < -0.39 is 0 Å². The molecular formula is C13H13N5OS. The number of hydrogen-bond acceptors (Lipinski definition) is 6. The van der Waals surface area contributed by atoms with Gasteiger partial charge in [0, 0.05) is 5.56 Å². The second-order valence-electron chi connectivity index (χ2n) is 4.38. The lowest BCUT2D eigenvalue weighted by atomic mass is 10.1. The van der Waals surface area contributed by atoms with Crippen molar-refractivity contribution in [2.24, 2.45) is 0 Å². The molecule has 0 atom stereocenters. The van der Waals surface area contributed by atoms with Crippen molar-refractivity contribution in [1.29, 1.82) is 0 Å². The highest BCUT2D eigenvalue weighted by molar-refractivity contribution is 7.98. The van der Waals surface area contributed by atoms with Gasteiger partial charge in [0.25, 0.3) is 5.89 Å². The SMILES string of the molecule is Cc1cccc(-c2nc(CSc3n[nH]c(C)n3)no2)c1. The highest BCUT2D eigenvalue weighted by atomic mass is 32.2. The Morgan fingerprint density at radius 3 is 2.90 bits per heavy atom. The molecule has 1 N–H and O–H groups in total. The molecule has 20 heavy (non-hydrogen) atoms. The first-order valence-corrected chi connectivity index (χ1v) is 7.11. The van der Waals surface area contributed by atoms with Gasteiger partial charge in [0.2, 0.25) is 5.16 Å². The maximum atomic E-state index is 5.28. The van der Waals surface area contributed by atoms with Crippen molar-refractivity contribution in [2.45, 2.75) is 24.8 Å². The van der Waals surface area contributed by atoms with E-state index in [0.29, 0.717) is 22.6 Å². The average molecular weight is 287 g/mol. The summed E-state index contributed by atoms with van der Waals surface area (Å²) in [6, 6.07) is 7.97. The van der Waals surface area contributed by atoms with E-state index in [9.17, 15) is 0 Å². The molecule has 0 saturated heterocycles. The summed E-state index contributed by atoms with van der Waals surface area (Å²) in [5, 5.41) is 11.5. The van der Waals surface area contributed by atoms with Crippen molar-refractivity contribution in [3.8, 4) is 11.5 Å². The molecule has 0 fully saturated rings. The molecule has 7 heteroatoms. The lowest BCUT2D eigenvalue weighted by molar-refractivity contribution is 0.425. The third kappa shape index (κ3) is 2.88. The van der Waals surface area contributed by atoms with E-state index >= 15 is 0 Å². The maximum absolute atomic E-state index is 5.28. The van der Waals surface area contributed by atoms with Gasteiger partial charge in [-0.1, -0.05) is 34.6 Å². The third-order valence-electron chi connectivity index (χ3n) is 2.64. The average Bonchev–Trinajstić information content (AvgIpc) is 3.05. The maximum Gasteiger partial charge on any atom is 0.257 e. The monoisotopic (exact) mass is 287 g/mol. The van der Waals surface area contributed by atoms with Crippen LogP contribution >= 0.6 is 11.8 Å². The summed E-state index contributed by atoms with van der Waals surface area (Å²) in [5.41, 5.74) is 2.09. The van der Waals surface area contributed by atoms with Gasteiger partial charge in [-0.2, -0.15) is 4.98 Å². The molecule has 0 unspecified atom stereocenters. The lowest BCUT2D eigenvalue weighted by Crippen LogP contribution is -1.85. The number of nitrogens with zero attached hydrogens (tertiary/aromatic N) is 4. The van der Waals surface area contributed by atoms with Gasteiger partial charge in [0.1, 0.15) is 5.82 Å². The quantitative estimate of drug-likeness (QED) is 0.743. The topological polar surface area (TPSA) is 80.5 Å². The van der Waals surface area contributed by atoms with E-state index in [-0.39, 0.29) is 0 Å². The molecule has 0 aliphatic rings. The van der Waals surface area contributed by atoms with Crippen LogP contribution in [0.5, 0.6) is 0 Å². The molecule has 3 aromatic rings. The van der Waals surface area contributed by atoms with Gasteiger partial charge >= 0.3 is 0 Å². The number of aromatic nitrogens is 5. The van der Waals surface area contributed by atoms with Crippen molar-refractivity contribution < 1.29 is 4.52 Å². The number of aryl methyl sites for hydroxylation is 2. The summed E-state index contributed by atoms with van der Waals surface area (Å²) in [5.74, 6) is 2.54. The van der Waals surface area contributed by atoms with E-state index in [1.807, 2.05) is 38.1 Å². The standard InChI is InChI=1S/C13H13N5OS/c1-8-4-3-5-10(6-8)12-15-11(18-19-12)7-20-13-14-9(2)16-17-13/h3-6H,7H2,1-2H3,(H,14,16,17). The molecular weight excluding hydrogens is 274 g/mol. The number of thioether (sulfide) groups is 1. The minimum Gasteiger partial charge on any atom is -0.334 e. The van der Waals surface area contributed by atoms with Crippen LogP contribution in [0.2, 0.25) is 0 Å². The molecule has 2 heterocycles. The van der Waals surface area contributed by atoms with Crippen molar-refractivity contribution in [3.63, 3.8) is 0 Å². The third-order valence-corrected chi connectivity index (χ3v) is 3.48. The van der Waals surface area contributed by atoms with Crippen LogP contribution in [-0.4, -0.2) is 25.3 Å². The summed E-state index contributed by atoms with van der Waals surface area (Å²) in [4.78, 5) is 8.59. The predicted octanol–water partition coefficient (Wildman–Crippen LogP) is 2.76. The van der Waals surface area contributed by atoms with Crippen LogP contribution in [-0.2, 0) is 5.75 Å². The van der Waals surface area contributed by atoms with Gasteiger partial charge in [0.05, 0.1) is 5.75 Å². The Kier molecular flexibility index (Phi) is 3.51. The number of H-pyrrole nitrogens is 1. The Bertz CT molecular complexity index is 721. The summed E-state index contributed by atoms with van der Waals surface area (Å²) in [6.07, 6.45) is 0. The zero-order valence-corrected chi connectivity index (χ0v) is 11.9. The molecule has 2 aromatic heterocycles. The van der Waals surface area contributed by atoms with Gasteiger partial charge < -0.3 is 4.52 Å². The molecule has 1 aromatic carbocycles. The van der Waals surface area contributed by atoms with Crippen LogP contribution in [0.25, 0.3) is 11.5 Å². The Hall–Kier alpha value is -2.15. The highest BCUT2D eigenvalue weighted by Crippen LogP contribution is 2.21. The van der Waals surface area contributed by atoms with Crippen LogP contribution in [0.1, 0.15) is 17.2 Å². The second-order valence-corrected chi connectivity index (χ2v) is 5.32. The fourth-order valence-electron chi connectivity index (χ4n) is 1.72. The molecule has 0 saturated carbocycles. The first-order chi connectivity index (χ1) is 9.70. The van der Waals surface area contributed by atoms with Crippen molar-refractivity contribution in [3.05, 3.63) is 41.5 Å². The van der Waals surface area contributed by atoms with E-state index in [0.717, 1.165) is 17.0 Å². The number of hydrogen-bond donors (Lipinski definition) is 1. The zero-order chi connectivity index (χ0) is 13.9. The fraction of sp³-hybridized carbons (Fsp3) is 0.231. The molecule has 0 spiro atoms. The number of nitrogens with one attached hydrogen (secondary N) is 1. The van der Waals surface area contributed by atoms with Crippen molar-refractivity contribution in [2.75, 3.05) is 0 Å².